The first-order valence-corrected chi connectivity index (χ1v) is 13.2. The van der Waals surface area contributed by atoms with Crippen LogP contribution in [0.3, 0.4) is 0 Å². The van der Waals surface area contributed by atoms with Crippen molar-refractivity contribution >= 4 is 17.7 Å². The summed E-state index contributed by atoms with van der Waals surface area (Å²) in [6.45, 7) is 3.80. The minimum atomic E-state index is -0.754. The highest BCUT2D eigenvalue weighted by molar-refractivity contribution is 7.98. The number of thioether (sulfide) groups is 1. The first-order valence-electron chi connectivity index (χ1n) is 12.2. The lowest BCUT2D eigenvalue weighted by atomic mass is 10.0. The summed E-state index contributed by atoms with van der Waals surface area (Å²) >= 11 is 1.57. The highest BCUT2D eigenvalue weighted by Gasteiger charge is 2.36. The molecule has 7 nitrogen and oxygen atoms in total. The van der Waals surface area contributed by atoms with Crippen LogP contribution < -0.4 is 15.6 Å². The van der Waals surface area contributed by atoms with E-state index >= 15 is 0 Å². The minimum Gasteiger partial charge on any atom is -0.487 e. The van der Waals surface area contributed by atoms with Crippen molar-refractivity contribution in [2.45, 2.75) is 36.6 Å². The fraction of sp³-hybridized carbons (Fsp3) is 0.333. The monoisotopic (exact) mass is 527 g/mol. The number of halogens is 2. The fourth-order valence-electron chi connectivity index (χ4n) is 4.52. The van der Waals surface area contributed by atoms with Gasteiger partial charge in [0.2, 0.25) is 5.43 Å². The molecule has 194 valence electrons. The van der Waals surface area contributed by atoms with Gasteiger partial charge >= 0.3 is 0 Å². The molecule has 1 fully saturated rings. The Morgan fingerprint density at radius 2 is 1.97 bits per heavy atom. The number of morpholine rings is 1. The number of ether oxygens (including phenoxy) is 2. The molecule has 1 N–H and O–H groups in total. The maximum atomic E-state index is 13.7. The van der Waals surface area contributed by atoms with Gasteiger partial charge in [-0.05, 0) is 36.1 Å². The Balaban J connectivity index is 0.000000153. The minimum absolute atomic E-state index is 0.122. The molecule has 2 aromatic carbocycles. The number of rotatable bonds is 3. The third-order valence-electron chi connectivity index (χ3n) is 6.40. The van der Waals surface area contributed by atoms with Crippen LogP contribution in [-0.2, 0) is 16.9 Å². The molecule has 4 heterocycles. The summed E-state index contributed by atoms with van der Waals surface area (Å²) in [6.07, 6.45) is 2.80. The highest BCUT2D eigenvalue weighted by Crippen LogP contribution is 2.35. The largest absolute Gasteiger partial charge is 0.487 e. The van der Waals surface area contributed by atoms with E-state index in [1.165, 1.54) is 17.7 Å². The second-order valence-electron chi connectivity index (χ2n) is 8.87. The van der Waals surface area contributed by atoms with Gasteiger partial charge < -0.3 is 19.8 Å². The van der Waals surface area contributed by atoms with E-state index in [2.05, 4.69) is 5.43 Å². The number of nitrogens with zero attached hydrogens (tertiary/aromatic N) is 2. The van der Waals surface area contributed by atoms with Gasteiger partial charge in [-0.1, -0.05) is 31.2 Å². The molecule has 3 aliphatic heterocycles. The van der Waals surface area contributed by atoms with Gasteiger partial charge in [-0.25, -0.2) is 8.78 Å². The van der Waals surface area contributed by atoms with Crippen molar-refractivity contribution in [3.05, 3.63) is 92.9 Å². The third kappa shape index (κ3) is 5.08. The number of benzene rings is 2. The van der Waals surface area contributed by atoms with E-state index in [-0.39, 0.29) is 28.9 Å². The van der Waals surface area contributed by atoms with Gasteiger partial charge in [0.15, 0.2) is 23.1 Å². The summed E-state index contributed by atoms with van der Waals surface area (Å²) in [5.74, 6) is -1.02. The van der Waals surface area contributed by atoms with Crippen LogP contribution in [0.2, 0.25) is 0 Å². The van der Waals surface area contributed by atoms with Crippen molar-refractivity contribution in [3.63, 3.8) is 0 Å². The second-order valence-corrected chi connectivity index (χ2v) is 9.88. The van der Waals surface area contributed by atoms with E-state index in [0.29, 0.717) is 44.1 Å². The molecule has 3 aromatic rings. The number of hydrogen-bond acceptors (Lipinski definition) is 6. The van der Waals surface area contributed by atoms with Gasteiger partial charge in [-0.3, -0.25) is 14.3 Å². The number of carbonyl (C=O) groups is 1. The molecule has 0 radical (unpaired) electrons. The van der Waals surface area contributed by atoms with Crippen LogP contribution in [0.15, 0.2) is 58.4 Å². The van der Waals surface area contributed by atoms with Gasteiger partial charge in [0.1, 0.15) is 6.17 Å². The van der Waals surface area contributed by atoms with E-state index in [9.17, 15) is 18.4 Å². The number of pyridine rings is 1. The lowest BCUT2D eigenvalue weighted by Gasteiger charge is -2.41. The van der Waals surface area contributed by atoms with Crippen LogP contribution >= 0.6 is 11.8 Å². The average Bonchev–Trinajstić information content (AvgIpc) is 3.11. The quantitative estimate of drug-likeness (QED) is 0.552. The predicted molar refractivity (Wildman–Crippen MR) is 137 cm³/mol. The van der Waals surface area contributed by atoms with E-state index < -0.39 is 11.6 Å². The summed E-state index contributed by atoms with van der Waals surface area (Å²) in [5.41, 5.74) is 5.73. The standard InChI is InChI=1S/C14H10F2S.C13H17N3O4/c15-12-6-5-9-7-10-3-1-2-4-13(10)17-8-11(9)14(12)16;1-2-6-20-12-9(17)3-4-16-11(12)13(18)15-5-7-19-8-10(15)14-16/h1-6H,7-8H2;3-4,10,14H,2,5-8H2,1H3/t;10-/m.0/s1. The molecule has 0 unspecified atom stereocenters. The van der Waals surface area contributed by atoms with Crippen LogP contribution in [-0.4, -0.2) is 48.0 Å². The van der Waals surface area contributed by atoms with Crippen LogP contribution in [0, 0.1) is 11.6 Å². The Labute approximate surface area is 217 Å². The molecule has 0 saturated carbocycles. The Morgan fingerprint density at radius 3 is 2.81 bits per heavy atom. The zero-order valence-electron chi connectivity index (χ0n) is 20.3. The topological polar surface area (TPSA) is 72.8 Å². The number of amides is 1. The van der Waals surface area contributed by atoms with Gasteiger partial charge in [-0.15, -0.1) is 11.8 Å². The average molecular weight is 528 g/mol. The van der Waals surface area contributed by atoms with Crippen LogP contribution in [0.5, 0.6) is 5.75 Å². The molecule has 6 rings (SSSR count). The van der Waals surface area contributed by atoms with Crippen molar-refractivity contribution in [1.82, 2.24) is 9.58 Å². The number of fused-ring (bicyclic) bond motifs is 4. The molecule has 1 amide bonds. The number of carbonyl (C=O) groups excluding carboxylic acids is 1. The molecule has 1 aromatic heterocycles. The molecule has 10 heteroatoms. The van der Waals surface area contributed by atoms with E-state index in [0.717, 1.165) is 16.9 Å². The van der Waals surface area contributed by atoms with Crippen molar-refractivity contribution in [1.29, 1.82) is 0 Å². The summed E-state index contributed by atoms with van der Waals surface area (Å²) in [6, 6.07) is 12.3. The molecular weight excluding hydrogens is 500 g/mol. The Kier molecular flexibility index (Phi) is 7.48. The number of hydrogen-bond donors (Lipinski definition) is 1. The molecule has 0 aliphatic carbocycles. The van der Waals surface area contributed by atoms with Crippen molar-refractivity contribution in [2.75, 3.05) is 31.8 Å². The van der Waals surface area contributed by atoms with Gasteiger partial charge in [0.25, 0.3) is 5.91 Å². The normalized spacial score (nSPS) is 17.6. The van der Waals surface area contributed by atoms with Crippen LogP contribution in [0.1, 0.15) is 40.5 Å². The van der Waals surface area contributed by atoms with Crippen molar-refractivity contribution in [2.24, 2.45) is 0 Å². The maximum absolute atomic E-state index is 13.7. The maximum Gasteiger partial charge on any atom is 0.278 e. The molecule has 0 bridgehead atoms. The first-order chi connectivity index (χ1) is 18.0. The number of nitrogens with one attached hydrogen (secondary N) is 1. The molecule has 37 heavy (non-hydrogen) atoms. The first kappa shape index (κ1) is 25.3. The summed E-state index contributed by atoms with van der Waals surface area (Å²) < 4.78 is 39.3. The van der Waals surface area contributed by atoms with Crippen molar-refractivity contribution < 1.29 is 23.0 Å². The zero-order valence-corrected chi connectivity index (χ0v) is 21.2. The summed E-state index contributed by atoms with van der Waals surface area (Å²) in [5, 5.41) is 0. The van der Waals surface area contributed by atoms with E-state index in [1.54, 1.807) is 33.6 Å². The van der Waals surface area contributed by atoms with E-state index in [4.69, 9.17) is 9.47 Å². The highest BCUT2D eigenvalue weighted by atomic mass is 32.2. The molecule has 1 atom stereocenters. The van der Waals surface area contributed by atoms with Gasteiger partial charge in [-0.2, -0.15) is 0 Å². The van der Waals surface area contributed by atoms with Crippen molar-refractivity contribution in [3.8, 4) is 5.75 Å². The molecule has 3 aliphatic rings. The lowest BCUT2D eigenvalue weighted by Crippen LogP contribution is -2.59. The van der Waals surface area contributed by atoms with E-state index in [1.807, 2.05) is 31.2 Å². The van der Waals surface area contributed by atoms with Crippen LogP contribution in [0.25, 0.3) is 0 Å². The lowest BCUT2D eigenvalue weighted by molar-refractivity contribution is -0.00323. The molecule has 1 saturated heterocycles. The summed E-state index contributed by atoms with van der Waals surface area (Å²) in [4.78, 5) is 27.4. The van der Waals surface area contributed by atoms with Gasteiger partial charge in [0, 0.05) is 35.0 Å². The Hall–Kier alpha value is -3.37. The molecule has 0 spiro atoms. The fourth-order valence-corrected chi connectivity index (χ4v) is 5.63. The molecular formula is C27H27F2N3O4S. The summed E-state index contributed by atoms with van der Waals surface area (Å²) in [7, 11) is 0. The van der Waals surface area contributed by atoms with Crippen LogP contribution in [0.4, 0.5) is 8.78 Å². The van der Waals surface area contributed by atoms with Gasteiger partial charge in [0.05, 0.1) is 19.8 Å². The smallest absolute Gasteiger partial charge is 0.278 e. The SMILES string of the molecule is CCCOc1c2n(ccc1=O)N[C@@H]1COCCN1C2=O.Fc1ccc2c(c1F)CSc1ccccc1C2. The second kappa shape index (κ2) is 10.9. The Bertz CT molecular complexity index is 1380. The predicted octanol–water partition coefficient (Wildman–Crippen LogP) is 4.15. The number of aromatic nitrogens is 1. The Morgan fingerprint density at radius 1 is 1.14 bits per heavy atom. The zero-order chi connectivity index (χ0) is 25.9. The third-order valence-corrected chi connectivity index (χ3v) is 7.55.